The van der Waals surface area contributed by atoms with Crippen LogP contribution in [0.15, 0.2) is 24.3 Å². The summed E-state index contributed by atoms with van der Waals surface area (Å²) < 4.78 is 0. The molecule has 0 amide bonds. The summed E-state index contributed by atoms with van der Waals surface area (Å²) in [7, 11) is 0. The fourth-order valence-corrected chi connectivity index (χ4v) is 1.36. The van der Waals surface area contributed by atoms with Crippen LogP contribution in [0.3, 0.4) is 0 Å². The molecule has 0 aliphatic carbocycles. The average Bonchev–Trinajstić information content (AvgIpc) is 2.25. The maximum atomic E-state index is 4.04. The molecular weight excluding hydrogens is 188 g/mol. The molecule has 0 atom stereocenters. The minimum atomic E-state index is 0.623. The molecule has 0 heterocycles. The van der Waals surface area contributed by atoms with E-state index in [4.69, 9.17) is 0 Å². The van der Waals surface area contributed by atoms with Crippen molar-refractivity contribution in [3.8, 4) is 11.8 Å². The highest BCUT2D eigenvalue weighted by molar-refractivity contribution is 7.80. The zero-order valence-corrected chi connectivity index (χ0v) is 9.48. The molecule has 0 aromatic heterocycles. The van der Waals surface area contributed by atoms with Crippen LogP contribution in [0.4, 0.5) is 0 Å². The van der Waals surface area contributed by atoms with Gasteiger partial charge in [0.25, 0.3) is 0 Å². The molecule has 14 heavy (non-hydrogen) atoms. The third-order valence-electron chi connectivity index (χ3n) is 2.08. The standard InChI is InChI=1S/C13H16S/c1-2-3-5-12-7-9-13(10-8-12)6-4-11-14/h7-10,14H,2-3,5,11H2,1H3. The molecule has 0 nitrogen and oxygen atoms in total. The number of benzene rings is 1. The van der Waals surface area contributed by atoms with Gasteiger partial charge in [0, 0.05) is 5.56 Å². The minimum absolute atomic E-state index is 0.623. The predicted octanol–water partition coefficient (Wildman–Crippen LogP) is 3.31. The normalized spacial score (nSPS) is 9.29. The van der Waals surface area contributed by atoms with Crippen molar-refractivity contribution < 1.29 is 0 Å². The number of hydrogen-bond donors (Lipinski definition) is 1. The summed E-state index contributed by atoms with van der Waals surface area (Å²) in [5, 5.41) is 0. The van der Waals surface area contributed by atoms with E-state index in [0.29, 0.717) is 5.75 Å². The fraction of sp³-hybridized carbons (Fsp3) is 0.385. The quantitative estimate of drug-likeness (QED) is 0.567. The second-order valence-electron chi connectivity index (χ2n) is 3.26. The topological polar surface area (TPSA) is 0 Å². The maximum absolute atomic E-state index is 4.04. The van der Waals surface area contributed by atoms with E-state index in [1.54, 1.807) is 0 Å². The smallest absolute Gasteiger partial charge is 0.0521 e. The predicted molar refractivity (Wildman–Crippen MR) is 65.8 cm³/mol. The molecule has 0 fully saturated rings. The van der Waals surface area contributed by atoms with E-state index in [1.165, 1.54) is 24.8 Å². The minimum Gasteiger partial charge on any atom is -0.166 e. The highest BCUT2D eigenvalue weighted by Crippen LogP contribution is 2.06. The van der Waals surface area contributed by atoms with Crippen molar-refractivity contribution >= 4 is 12.6 Å². The van der Waals surface area contributed by atoms with E-state index >= 15 is 0 Å². The van der Waals surface area contributed by atoms with Gasteiger partial charge in [0.2, 0.25) is 0 Å². The zero-order valence-electron chi connectivity index (χ0n) is 8.59. The summed E-state index contributed by atoms with van der Waals surface area (Å²) in [4.78, 5) is 0. The van der Waals surface area contributed by atoms with Crippen molar-refractivity contribution in [2.45, 2.75) is 26.2 Å². The van der Waals surface area contributed by atoms with Crippen LogP contribution >= 0.6 is 12.6 Å². The Hall–Kier alpha value is -0.870. The Morgan fingerprint density at radius 3 is 2.50 bits per heavy atom. The monoisotopic (exact) mass is 204 g/mol. The first-order valence-electron chi connectivity index (χ1n) is 5.05. The number of unbranched alkanes of at least 4 members (excludes halogenated alkanes) is 1. The molecule has 0 unspecified atom stereocenters. The number of rotatable bonds is 3. The van der Waals surface area contributed by atoms with Crippen molar-refractivity contribution in [2.75, 3.05) is 5.75 Å². The summed E-state index contributed by atoms with van der Waals surface area (Å²) in [6, 6.07) is 8.50. The molecule has 0 aliphatic rings. The van der Waals surface area contributed by atoms with Crippen LogP contribution in [-0.2, 0) is 6.42 Å². The summed E-state index contributed by atoms with van der Waals surface area (Å²) in [5.41, 5.74) is 2.49. The maximum Gasteiger partial charge on any atom is 0.0521 e. The van der Waals surface area contributed by atoms with Crippen LogP contribution in [0.5, 0.6) is 0 Å². The Kier molecular flexibility index (Phi) is 5.25. The lowest BCUT2D eigenvalue weighted by molar-refractivity contribution is 0.795. The third-order valence-corrected chi connectivity index (χ3v) is 2.24. The Morgan fingerprint density at radius 2 is 1.93 bits per heavy atom. The summed E-state index contributed by atoms with van der Waals surface area (Å²) in [6.45, 7) is 2.21. The van der Waals surface area contributed by atoms with Crippen molar-refractivity contribution in [1.29, 1.82) is 0 Å². The highest BCUT2D eigenvalue weighted by Gasteiger charge is 1.91. The first-order valence-corrected chi connectivity index (χ1v) is 5.68. The van der Waals surface area contributed by atoms with E-state index in [9.17, 15) is 0 Å². The van der Waals surface area contributed by atoms with E-state index in [0.717, 1.165) is 5.56 Å². The van der Waals surface area contributed by atoms with Gasteiger partial charge in [-0.05, 0) is 30.5 Å². The molecule has 0 N–H and O–H groups in total. The second-order valence-corrected chi connectivity index (χ2v) is 3.58. The zero-order chi connectivity index (χ0) is 10.2. The van der Waals surface area contributed by atoms with Crippen LogP contribution in [0.1, 0.15) is 30.9 Å². The van der Waals surface area contributed by atoms with Crippen molar-refractivity contribution in [2.24, 2.45) is 0 Å². The molecule has 0 radical (unpaired) electrons. The first-order chi connectivity index (χ1) is 6.86. The van der Waals surface area contributed by atoms with Gasteiger partial charge in [0.05, 0.1) is 5.75 Å². The van der Waals surface area contributed by atoms with Crippen LogP contribution in [0.2, 0.25) is 0 Å². The van der Waals surface area contributed by atoms with E-state index in [1.807, 2.05) is 0 Å². The second kappa shape index (κ2) is 6.56. The molecule has 0 spiro atoms. The van der Waals surface area contributed by atoms with Crippen LogP contribution in [0, 0.1) is 11.8 Å². The van der Waals surface area contributed by atoms with Crippen molar-refractivity contribution in [1.82, 2.24) is 0 Å². The Balaban J connectivity index is 2.59. The molecule has 1 aromatic rings. The van der Waals surface area contributed by atoms with E-state index in [2.05, 4.69) is 55.7 Å². The molecule has 1 heteroatoms. The van der Waals surface area contributed by atoms with Gasteiger partial charge >= 0.3 is 0 Å². The summed E-state index contributed by atoms with van der Waals surface area (Å²) in [6.07, 6.45) is 3.69. The molecule has 0 aliphatic heterocycles. The Bertz CT molecular complexity index is 313. The molecule has 0 saturated carbocycles. The molecular formula is C13H16S. The number of hydrogen-bond acceptors (Lipinski definition) is 1. The largest absolute Gasteiger partial charge is 0.166 e. The lowest BCUT2D eigenvalue weighted by Gasteiger charge is -1.98. The highest BCUT2D eigenvalue weighted by atomic mass is 32.1. The van der Waals surface area contributed by atoms with Gasteiger partial charge in [-0.1, -0.05) is 37.3 Å². The van der Waals surface area contributed by atoms with Crippen LogP contribution < -0.4 is 0 Å². The van der Waals surface area contributed by atoms with E-state index < -0.39 is 0 Å². The summed E-state index contributed by atoms with van der Waals surface area (Å²) >= 11 is 4.04. The number of aryl methyl sites for hydroxylation is 1. The lowest BCUT2D eigenvalue weighted by Crippen LogP contribution is -1.84. The van der Waals surface area contributed by atoms with Gasteiger partial charge in [0.1, 0.15) is 0 Å². The fourth-order valence-electron chi connectivity index (χ4n) is 1.28. The molecule has 1 aromatic carbocycles. The Morgan fingerprint density at radius 1 is 1.21 bits per heavy atom. The third kappa shape index (κ3) is 3.89. The van der Waals surface area contributed by atoms with Gasteiger partial charge < -0.3 is 0 Å². The summed E-state index contributed by atoms with van der Waals surface area (Å²) in [5.74, 6) is 6.62. The average molecular weight is 204 g/mol. The van der Waals surface area contributed by atoms with Crippen molar-refractivity contribution in [3.63, 3.8) is 0 Å². The van der Waals surface area contributed by atoms with Gasteiger partial charge in [-0.3, -0.25) is 0 Å². The lowest BCUT2D eigenvalue weighted by atomic mass is 10.1. The molecule has 74 valence electrons. The van der Waals surface area contributed by atoms with Crippen LogP contribution in [0.25, 0.3) is 0 Å². The van der Waals surface area contributed by atoms with Crippen molar-refractivity contribution in [3.05, 3.63) is 35.4 Å². The molecule has 1 rings (SSSR count). The SMILES string of the molecule is CCCCc1ccc(C#CCS)cc1. The Labute approximate surface area is 92.1 Å². The first kappa shape index (κ1) is 11.2. The van der Waals surface area contributed by atoms with Gasteiger partial charge in [-0.25, -0.2) is 0 Å². The van der Waals surface area contributed by atoms with Gasteiger partial charge in [-0.2, -0.15) is 12.6 Å². The van der Waals surface area contributed by atoms with Gasteiger partial charge in [0.15, 0.2) is 0 Å². The number of thiol groups is 1. The van der Waals surface area contributed by atoms with Gasteiger partial charge in [-0.15, -0.1) is 0 Å². The van der Waals surface area contributed by atoms with Crippen LogP contribution in [-0.4, -0.2) is 5.75 Å². The molecule has 0 bridgehead atoms. The van der Waals surface area contributed by atoms with E-state index in [-0.39, 0.29) is 0 Å². The molecule has 0 saturated heterocycles.